The monoisotopic (exact) mass is 656 g/mol. The molecule has 6 atom stereocenters. The maximum atomic E-state index is 12.0. The molecule has 2 aliphatic carbocycles. The van der Waals surface area contributed by atoms with Gasteiger partial charge in [0, 0.05) is 6.61 Å². The van der Waals surface area contributed by atoms with Gasteiger partial charge in [0.2, 0.25) is 0 Å². The molecule has 10 nitrogen and oxygen atoms in total. The number of hydrogen-bond acceptors (Lipinski definition) is 10. The maximum Gasteiger partial charge on any atom is 0.345 e. The highest BCUT2D eigenvalue weighted by atomic mass is 16.6. The second kappa shape index (κ2) is 25.4. The summed E-state index contributed by atoms with van der Waals surface area (Å²) in [4.78, 5) is 45.1. The van der Waals surface area contributed by atoms with Gasteiger partial charge in [-0.05, 0) is 88.9 Å². The molecule has 2 saturated carbocycles. The van der Waals surface area contributed by atoms with E-state index in [0.717, 1.165) is 31.6 Å². The van der Waals surface area contributed by atoms with Crippen LogP contribution in [0.15, 0.2) is 24.3 Å². The van der Waals surface area contributed by atoms with E-state index in [1.54, 1.807) is 27.7 Å². The van der Waals surface area contributed by atoms with Gasteiger partial charge in [-0.15, -0.1) is 0 Å². The second-order valence-corrected chi connectivity index (χ2v) is 12.6. The van der Waals surface area contributed by atoms with Gasteiger partial charge in [0.15, 0.2) is 0 Å². The summed E-state index contributed by atoms with van der Waals surface area (Å²) in [5, 5.41) is 17.3. The third-order valence-corrected chi connectivity index (χ3v) is 8.02. The SMILES string of the molecule is C=C(C(=O)OCC)C(=O)OC1CC(C)CCC1C(C)C.C=C(C(=O)OCC)C(=O)OCC.CC1CCC(C(C)C)C(O)C1.CCO. The molecule has 268 valence electrons. The van der Waals surface area contributed by atoms with Crippen LogP contribution in [0.2, 0.25) is 0 Å². The van der Waals surface area contributed by atoms with Gasteiger partial charge in [0.1, 0.15) is 17.3 Å². The summed E-state index contributed by atoms with van der Waals surface area (Å²) >= 11 is 0. The first-order valence-electron chi connectivity index (χ1n) is 16.9. The Kier molecular flexibility index (Phi) is 25.0. The van der Waals surface area contributed by atoms with E-state index in [9.17, 15) is 24.3 Å². The Hall–Kier alpha value is -2.72. The Morgan fingerprint density at radius 1 is 0.652 bits per heavy atom. The van der Waals surface area contributed by atoms with Crippen LogP contribution in [0, 0.1) is 35.5 Å². The van der Waals surface area contributed by atoms with Crippen LogP contribution < -0.4 is 0 Å². The van der Waals surface area contributed by atoms with Crippen molar-refractivity contribution in [1.29, 1.82) is 0 Å². The summed E-state index contributed by atoms with van der Waals surface area (Å²) < 4.78 is 19.4. The van der Waals surface area contributed by atoms with Crippen molar-refractivity contribution in [2.24, 2.45) is 35.5 Å². The minimum Gasteiger partial charge on any atom is -0.462 e. The average Bonchev–Trinajstić information content (AvgIpc) is 2.97. The van der Waals surface area contributed by atoms with Crippen LogP contribution in [0.25, 0.3) is 0 Å². The molecule has 10 heteroatoms. The number of esters is 4. The summed E-state index contributed by atoms with van der Waals surface area (Å²) in [5.41, 5.74) is -0.480. The van der Waals surface area contributed by atoms with Gasteiger partial charge in [0.05, 0.1) is 25.9 Å². The largest absolute Gasteiger partial charge is 0.462 e. The number of carbonyl (C=O) groups excluding carboxylic acids is 4. The van der Waals surface area contributed by atoms with E-state index in [2.05, 4.69) is 64.2 Å². The number of carbonyl (C=O) groups is 4. The summed E-state index contributed by atoms with van der Waals surface area (Å²) in [6.45, 7) is 27.4. The molecule has 0 aromatic carbocycles. The van der Waals surface area contributed by atoms with E-state index in [0.29, 0.717) is 29.6 Å². The predicted molar refractivity (Wildman–Crippen MR) is 180 cm³/mol. The first-order chi connectivity index (χ1) is 21.5. The average molecular weight is 657 g/mol. The molecule has 0 aromatic heterocycles. The lowest BCUT2D eigenvalue weighted by Gasteiger charge is -2.36. The molecule has 2 N–H and O–H groups in total. The Morgan fingerprint density at radius 2 is 1.00 bits per heavy atom. The highest BCUT2D eigenvalue weighted by molar-refractivity contribution is 6.13. The number of aliphatic hydroxyl groups is 2. The summed E-state index contributed by atoms with van der Waals surface area (Å²) in [5.74, 6) is 0.506. The molecule has 46 heavy (non-hydrogen) atoms. The molecule has 0 aliphatic heterocycles. The lowest BCUT2D eigenvalue weighted by molar-refractivity contribution is -0.155. The number of ether oxygens (including phenoxy) is 4. The van der Waals surface area contributed by atoms with Crippen molar-refractivity contribution in [2.45, 2.75) is 120 Å². The summed E-state index contributed by atoms with van der Waals surface area (Å²) in [7, 11) is 0. The minimum atomic E-state index is -0.726. The normalized spacial score (nSPS) is 23.5. The van der Waals surface area contributed by atoms with E-state index in [-0.39, 0.29) is 49.8 Å². The van der Waals surface area contributed by atoms with Gasteiger partial charge in [-0.2, -0.15) is 0 Å². The van der Waals surface area contributed by atoms with Crippen LogP contribution in [-0.2, 0) is 38.1 Å². The van der Waals surface area contributed by atoms with Crippen molar-refractivity contribution in [1.82, 2.24) is 0 Å². The van der Waals surface area contributed by atoms with Gasteiger partial charge >= 0.3 is 23.9 Å². The van der Waals surface area contributed by atoms with Crippen LogP contribution in [0.4, 0.5) is 0 Å². The van der Waals surface area contributed by atoms with E-state index in [4.69, 9.17) is 14.6 Å². The van der Waals surface area contributed by atoms with E-state index >= 15 is 0 Å². The Morgan fingerprint density at radius 3 is 1.35 bits per heavy atom. The highest BCUT2D eigenvalue weighted by Gasteiger charge is 2.34. The molecule has 0 aromatic rings. The molecular formula is C36H64O10. The third kappa shape index (κ3) is 18.4. The van der Waals surface area contributed by atoms with Crippen molar-refractivity contribution in [3.8, 4) is 0 Å². The fourth-order valence-electron chi connectivity index (χ4n) is 5.43. The van der Waals surface area contributed by atoms with Crippen LogP contribution in [0.1, 0.15) is 108 Å². The molecule has 2 aliphatic rings. The standard InChI is InChI=1S/C16H26O4.C10H20O.C8H12O4.C2H6O/c1-6-19-15(17)12(5)16(18)20-14-9-11(4)7-8-13(14)10(2)3;1-7(2)9-5-4-8(3)6-10(9)11;1-4-11-7(9)6(3)8(10)12-5-2;1-2-3/h10-11,13-14H,5-9H2,1-4H3;7-11H,4-6H2,1-3H3;3-5H2,1-2H3;3H,2H2,1H3. The molecule has 0 amide bonds. The van der Waals surface area contributed by atoms with Gasteiger partial charge in [0.25, 0.3) is 0 Å². The number of rotatable bonds is 10. The second-order valence-electron chi connectivity index (χ2n) is 12.6. The fourth-order valence-corrected chi connectivity index (χ4v) is 5.43. The Bertz CT molecular complexity index is 906. The molecule has 6 unspecified atom stereocenters. The molecule has 0 heterocycles. The Balaban J connectivity index is 0. The van der Waals surface area contributed by atoms with Crippen LogP contribution in [0.5, 0.6) is 0 Å². The highest BCUT2D eigenvalue weighted by Crippen LogP contribution is 2.36. The lowest BCUT2D eigenvalue weighted by Crippen LogP contribution is -2.36. The summed E-state index contributed by atoms with van der Waals surface area (Å²) in [6, 6.07) is 0. The zero-order chi connectivity index (χ0) is 36.0. The van der Waals surface area contributed by atoms with Gasteiger partial charge in [-0.25, -0.2) is 19.2 Å². The summed E-state index contributed by atoms with van der Waals surface area (Å²) in [6.07, 6.45) is 6.46. The van der Waals surface area contributed by atoms with Crippen LogP contribution >= 0.6 is 0 Å². The maximum absolute atomic E-state index is 12.0. The minimum absolute atomic E-state index is 0.0289. The molecule has 2 rings (SSSR count). The topological polar surface area (TPSA) is 146 Å². The van der Waals surface area contributed by atoms with E-state index < -0.39 is 23.9 Å². The van der Waals surface area contributed by atoms with Crippen molar-refractivity contribution in [2.75, 3.05) is 26.4 Å². The van der Waals surface area contributed by atoms with E-state index in [1.165, 1.54) is 12.8 Å². The van der Waals surface area contributed by atoms with Crippen molar-refractivity contribution >= 4 is 23.9 Å². The zero-order valence-corrected chi connectivity index (χ0v) is 30.3. The molecule has 0 bridgehead atoms. The van der Waals surface area contributed by atoms with Crippen LogP contribution in [0.3, 0.4) is 0 Å². The number of hydrogen-bond donors (Lipinski definition) is 2. The molecule has 0 saturated heterocycles. The van der Waals surface area contributed by atoms with Crippen molar-refractivity contribution < 1.29 is 48.3 Å². The molecule has 0 spiro atoms. The first kappa shape index (κ1) is 45.4. The quantitative estimate of drug-likeness (QED) is 0.0914. The molecular weight excluding hydrogens is 592 g/mol. The van der Waals surface area contributed by atoms with E-state index in [1.807, 2.05) is 0 Å². The smallest absolute Gasteiger partial charge is 0.345 e. The first-order valence-corrected chi connectivity index (χ1v) is 16.9. The van der Waals surface area contributed by atoms with Gasteiger partial charge in [-0.1, -0.05) is 67.5 Å². The van der Waals surface area contributed by atoms with Crippen molar-refractivity contribution in [3.63, 3.8) is 0 Å². The number of aliphatic hydroxyl groups excluding tert-OH is 2. The van der Waals surface area contributed by atoms with Gasteiger partial charge < -0.3 is 29.2 Å². The van der Waals surface area contributed by atoms with Gasteiger partial charge in [-0.3, -0.25) is 0 Å². The van der Waals surface area contributed by atoms with Crippen LogP contribution in [-0.4, -0.2) is 72.7 Å². The third-order valence-electron chi connectivity index (χ3n) is 8.02. The molecule has 2 fully saturated rings. The lowest BCUT2D eigenvalue weighted by atomic mass is 9.75. The molecule has 0 radical (unpaired) electrons. The fraction of sp³-hybridized carbons (Fsp3) is 0.778. The zero-order valence-electron chi connectivity index (χ0n) is 30.3. The van der Waals surface area contributed by atoms with Crippen molar-refractivity contribution in [3.05, 3.63) is 24.3 Å². The predicted octanol–water partition coefficient (Wildman–Crippen LogP) is 6.22. The Labute approximate surface area is 278 Å².